The van der Waals surface area contributed by atoms with E-state index < -0.39 is 21.4 Å². The molecule has 0 radical (unpaired) electrons. The summed E-state index contributed by atoms with van der Waals surface area (Å²) in [7, 11) is -3.82. The van der Waals surface area contributed by atoms with Gasteiger partial charge in [0.1, 0.15) is 10.7 Å². The Morgan fingerprint density at radius 2 is 2.00 bits per heavy atom. The number of halogens is 3. The molecule has 19 heavy (non-hydrogen) atoms. The minimum Gasteiger partial charge on any atom is -0.207 e. The molecule has 0 bridgehead atoms. The van der Waals surface area contributed by atoms with Gasteiger partial charge < -0.3 is 0 Å². The van der Waals surface area contributed by atoms with Crippen molar-refractivity contribution in [2.45, 2.75) is 36.1 Å². The fourth-order valence-electron chi connectivity index (χ4n) is 2.34. The van der Waals surface area contributed by atoms with Gasteiger partial charge in [0.2, 0.25) is 10.0 Å². The van der Waals surface area contributed by atoms with E-state index in [0.717, 1.165) is 37.8 Å². The topological polar surface area (TPSA) is 46.2 Å². The van der Waals surface area contributed by atoms with E-state index in [4.69, 9.17) is 11.6 Å². The van der Waals surface area contributed by atoms with Crippen LogP contribution in [-0.2, 0) is 10.0 Å². The number of rotatable bonds is 4. The zero-order chi connectivity index (χ0) is 14.1. The van der Waals surface area contributed by atoms with Crippen molar-refractivity contribution in [2.75, 3.05) is 5.33 Å². The monoisotopic (exact) mass is 369 g/mol. The lowest BCUT2D eigenvalue weighted by molar-refractivity contribution is 0.437. The van der Waals surface area contributed by atoms with Crippen LogP contribution < -0.4 is 4.72 Å². The molecule has 1 aliphatic carbocycles. The highest BCUT2D eigenvalue weighted by Gasteiger charge is 2.37. The van der Waals surface area contributed by atoms with E-state index in [-0.39, 0.29) is 9.92 Å². The molecule has 1 aliphatic rings. The van der Waals surface area contributed by atoms with Gasteiger partial charge >= 0.3 is 0 Å². The van der Waals surface area contributed by atoms with Gasteiger partial charge in [0, 0.05) is 10.9 Å². The molecule has 0 aromatic heterocycles. The van der Waals surface area contributed by atoms with E-state index >= 15 is 0 Å². The molecule has 0 amide bonds. The van der Waals surface area contributed by atoms with Gasteiger partial charge in [0.15, 0.2) is 0 Å². The predicted molar refractivity (Wildman–Crippen MR) is 76.7 cm³/mol. The Balaban J connectivity index is 2.34. The molecule has 0 aliphatic heterocycles. The largest absolute Gasteiger partial charge is 0.242 e. The maximum Gasteiger partial charge on any atom is 0.242 e. The molecule has 0 unspecified atom stereocenters. The molecule has 7 heteroatoms. The second kappa shape index (κ2) is 5.68. The molecular weight excluding hydrogens is 357 g/mol. The van der Waals surface area contributed by atoms with Crippen LogP contribution in [0.1, 0.15) is 25.7 Å². The van der Waals surface area contributed by atoms with Gasteiger partial charge in [0.05, 0.1) is 5.02 Å². The van der Waals surface area contributed by atoms with Crippen LogP contribution in [0.15, 0.2) is 23.1 Å². The Morgan fingerprint density at radius 1 is 1.37 bits per heavy atom. The second-order valence-electron chi connectivity index (χ2n) is 4.80. The van der Waals surface area contributed by atoms with Crippen LogP contribution in [0.5, 0.6) is 0 Å². The minimum atomic E-state index is -3.82. The summed E-state index contributed by atoms with van der Waals surface area (Å²) in [5.74, 6) is -0.621. The Morgan fingerprint density at radius 3 is 2.58 bits per heavy atom. The van der Waals surface area contributed by atoms with Crippen molar-refractivity contribution in [2.24, 2.45) is 0 Å². The Hall–Kier alpha value is -0.170. The summed E-state index contributed by atoms with van der Waals surface area (Å²) in [6, 6.07) is 3.33. The number of sulfonamides is 1. The van der Waals surface area contributed by atoms with Gasteiger partial charge in [-0.1, -0.05) is 40.4 Å². The fraction of sp³-hybridized carbons (Fsp3) is 0.500. The zero-order valence-electron chi connectivity index (χ0n) is 10.1. The van der Waals surface area contributed by atoms with Crippen LogP contribution >= 0.6 is 27.5 Å². The lowest BCUT2D eigenvalue weighted by Gasteiger charge is -2.27. The molecule has 0 saturated heterocycles. The number of hydrogen-bond donors (Lipinski definition) is 1. The predicted octanol–water partition coefficient (Wildman–Crippen LogP) is 3.47. The SMILES string of the molecule is O=S(=O)(NC1(CBr)CCCC1)c1cc(F)ccc1Cl. The van der Waals surface area contributed by atoms with Gasteiger partial charge in [-0.15, -0.1) is 0 Å². The second-order valence-corrected chi connectivity index (χ2v) is 7.42. The molecule has 1 saturated carbocycles. The average molecular weight is 371 g/mol. The first kappa shape index (κ1) is 15.2. The lowest BCUT2D eigenvalue weighted by atomic mass is 10.0. The number of alkyl halides is 1. The van der Waals surface area contributed by atoms with E-state index in [0.29, 0.717) is 5.33 Å². The maximum atomic E-state index is 13.2. The van der Waals surface area contributed by atoms with Crippen molar-refractivity contribution in [3.63, 3.8) is 0 Å². The highest BCUT2D eigenvalue weighted by Crippen LogP contribution is 2.33. The van der Waals surface area contributed by atoms with Crippen molar-refractivity contribution in [3.8, 4) is 0 Å². The molecule has 1 aromatic carbocycles. The molecule has 1 fully saturated rings. The molecule has 1 aromatic rings. The van der Waals surface area contributed by atoms with E-state index in [1.165, 1.54) is 6.07 Å². The number of benzene rings is 1. The molecule has 2 rings (SSSR count). The van der Waals surface area contributed by atoms with Crippen LogP contribution in [0.3, 0.4) is 0 Å². The molecule has 1 N–H and O–H groups in total. The van der Waals surface area contributed by atoms with Gasteiger partial charge in [-0.3, -0.25) is 0 Å². The van der Waals surface area contributed by atoms with Crippen molar-refractivity contribution < 1.29 is 12.8 Å². The molecule has 0 atom stereocenters. The average Bonchev–Trinajstić information content (AvgIpc) is 2.80. The summed E-state index contributed by atoms with van der Waals surface area (Å²) >= 11 is 9.21. The summed E-state index contributed by atoms with van der Waals surface area (Å²) in [5.41, 5.74) is -0.492. The normalized spacial score (nSPS) is 18.7. The maximum absolute atomic E-state index is 13.2. The van der Waals surface area contributed by atoms with Gasteiger partial charge in [-0.05, 0) is 31.0 Å². The summed E-state index contributed by atoms with van der Waals surface area (Å²) in [4.78, 5) is -0.207. The van der Waals surface area contributed by atoms with Crippen LogP contribution in [0.4, 0.5) is 4.39 Å². The Bertz CT molecular complexity index is 573. The van der Waals surface area contributed by atoms with Crippen LogP contribution in [-0.4, -0.2) is 19.3 Å². The molecule has 106 valence electrons. The van der Waals surface area contributed by atoms with E-state index in [2.05, 4.69) is 20.7 Å². The molecule has 3 nitrogen and oxygen atoms in total. The van der Waals surface area contributed by atoms with Crippen LogP contribution in [0, 0.1) is 5.82 Å². The summed E-state index contributed by atoms with van der Waals surface area (Å²) in [6.45, 7) is 0. The third-order valence-electron chi connectivity index (χ3n) is 3.35. The molecule has 0 spiro atoms. The zero-order valence-corrected chi connectivity index (χ0v) is 13.3. The Labute approximate surface area is 125 Å². The standard InChI is InChI=1S/C12H14BrClFNO2S/c13-8-12(5-1-2-6-12)16-19(17,18)11-7-9(15)3-4-10(11)14/h3-4,7,16H,1-2,5-6,8H2. The molecular formula is C12H14BrClFNO2S. The third-order valence-corrected chi connectivity index (χ3v) is 6.48. The van der Waals surface area contributed by atoms with Gasteiger partial charge in [0.25, 0.3) is 0 Å². The van der Waals surface area contributed by atoms with E-state index in [1.54, 1.807) is 0 Å². The fourth-order valence-corrected chi connectivity index (χ4v) is 5.20. The molecule has 0 heterocycles. The van der Waals surface area contributed by atoms with Crippen molar-refractivity contribution in [3.05, 3.63) is 29.0 Å². The third kappa shape index (κ3) is 3.29. The number of hydrogen-bond acceptors (Lipinski definition) is 2. The first-order valence-electron chi connectivity index (χ1n) is 5.94. The first-order valence-corrected chi connectivity index (χ1v) is 8.92. The van der Waals surface area contributed by atoms with Crippen molar-refractivity contribution >= 4 is 37.6 Å². The van der Waals surface area contributed by atoms with Crippen molar-refractivity contribution in [1.82, 2.24) is 4.72 Å². The first-order chi connectivity index (χ1) is 8.88. The smallest absolute Gasteiger partial charge is 0.207 e. The van der Waals surface area contributed by atoms with E-state index in [9.17, 15) is 12.8 Å². The Kier molecular flexibility index (Phi) is 4.55. The highest BCUT2D eigenvalue weighted by atomic mass is 79.9. The van der Waals surface area contributed by atoms with Crippen LogP contribution in [0.2, 0.25) is 5.02 Å². The highest BCUT2D eigenvalue weighted by molar-refractivity contribution is 9.09. The lowest BCUT2D eigenvalue weighted by Crippen LogP contribution is -2.47. The van der Waals surface area contributed by atoms with Gasteiger partial charge in [-0.25, -0.2) is 17.5 Å². The summed E-state index contributed by atoms with van der Waals surface area (Å²) < 4.78 is 40.6. The number of nitrogens with one attached hydrogen (secondary N) is 1. The van der Waals surface area contributed by atoms with Gasteiger partial charge in [-0.2, -0.15) is 0 Å². The minimum absolute atomic E-state index is 0.0246. The van der Waals surface area contributed by atoms with E-state index in [1.807, 2.05) is 0 Å². The quantitative estimate of drug-likeness (QED) is 0.825. The summed E-state index contributed by atoms with van der Waals surface area (Å²) in [6.07, 6.45) is 3.49. The van der Waals surface area contributed by atoms with Crippen molar-refractivity contribution in [1.29, 1.82) is 0 Å². The van der Waals surface area contributed by atoms with Crippen LogP contribution in [0.25, 0.3) is 0 Å². The summed E-state index contributed by atoms with van der Waals surface area (Å²) in [5, 5.41) is 0.559.